The molecule has 0 aromatic heterocycles. The summed E-state index contributed by atoms with van der Waals surface area (Å²) in [5.74, 6) is -0.681. The van der Waals surface area contributed by atoms with Crippen LogP contribution in [0, 0.1) is 0 Å². The van der Waals surface area contributed by atoms with E-state index in [1.165, 1.54) is 22.7 Å². The quantitative estimate of drug-likeness (QED) is 0.728. The summed E-state index contributed by atoms with van der Waals surface area (Å²) in [5.41, 5.74) is 5.26. The van der Waals surface area contributed by atoms with Crippen LogP contribution in [0.15, 0.2) is 18.2 Å². The molecule has 0 saturated carbocycles. The van der Waals surface area contributed by atoms with Gasteiger partial charge in [0.1, 0.15) is 11.9 Å². The van der Waals surface area contributed by atoms with Crippen molar-refractivity contribution in [3.05, 3.63) is 28.8 Å². The number of rotatable bonds is 6. The average molecular weight is 390 g/mol. The lowest BCUT2D eigenvalue weighted by Crippen LogP contribution is -2.41. The van der Waals surface area contributed by atoms with Crippen LogP contribution >= 0.6 is 11.6 Å². The summed E-state index contributed by atoms with van der Waals surface area (Å²) in [6.07, 6.45) is 2.16. The molecule has 1 saturated heterocycles. The van der Waals surface area contributed by atoms with E-state index in [1.54, 1.807) is 6.07 Å². The SMILES string of the molecule is CS(=O)(=O)N1CCC(Oc2ccc(C(=O)NCC(N)=O)cc2Cl)CC1. The fourth-order valence-corrected chi connectivity index (χ4v) is 3.57. The van der Waals surface area contributed by atoms with Crippen LogP contribution in [-0.2, 0) is 14.8 Å². The van der Waals surface area contributed by atoms with E-state index in [2.05, 4.69) is 5.32 Å². The molecule has 1 fully saturated rings. The summed E-state index contributed by atoms with van der Waals surface area (Å²) in [6, 6.07) is 4.55. The Labute approximate surface area is 151 Å². The minimum atomic E-state index is -3.18. The Morgan fingerprint density at radius 2 is 2.00 bits per heavy atom. The Bertz CT molecular complexity index is 760. The second-order valence-electron chi connectivity index (χ2n) is 5.77. The maximum atomic E-state index is 11.9. The smallest absolute Gasteiger partial charge is 0.251 e. The minimum absolute atomic E-state index is 0.148. The van der Waals surface area contributed by atoms with Gasteiger partial charge in [-0.1, -0.05) is 11.6 Å². The number of carbonyl (C=O) groups excluding carboxylic acids is 2. The van der Waals surface area contributed by atoms with E-state index in [1.807, 2.05) is 0 Å². The van der Waals surface area contributed by atoms with Crippen LogP contribution in [0.3, 0.4) is 0 Å². The normalized spacial score (nSPS) is 16.4. The first-order valence-corrected chi connectivity index (χ1v) is 9.87. The largest absolute Gasteiger partial charge is 0.489 e. The molecular weight excluding hydrogens is 370 g/mol. The number of benzene rings is 1. The summed E-state index contributed by atoms with van der Waals surface area (Å²) >= 11 is 6.15. The van der Waals surface area contributed by atoms with Gasteiger partial charge in [0.05, 0.1) is 17.8 Å². The number of piperidine rings is 1. The number of hydrogen-bond acceptors (Lipinski definition) is 5. The van der Waals surface area contributed by atoms with Gasteiger partial charge in [0, 0.05) is 18.7 Å². The van der Waals surface area contributed by atoms with E-state index in [-0.39, 0.29) is 23.2 Å². The third kappa shape index (κ3) is 5.58. The highest BCUT2D eigenvalue weighted by Crippen LogP contribution is 2.28. The zero-order valence-corrected chi connectivity index (χ0v) is 15.3. The van der Waals surface area contributed by atoms with Gasteiger partial charge in [-0.25, -0.2) is 12.7 Å². The summed E-state index contributed by atoms with van der Waals surface area (Å²) in [4.78, 5) is 22.5. The molecule has 1 aromatic carbocycles. The number of nitrogens with two attached hydrogens (primary N) is 1. The van der Waals surface area contributed by atoms with Crippen molar-refractivity contribution in [2.45, 2.75) is 18.9 Å². The lowest BCUT2D eigenvalue weighted by Gasteiger charge is -2.30. The predicted octanol–water partition coefficient (Wildman–Crippen LogP) is 0.358. The zero-order valence-electron chi connectivity index (χ0n) is 13.7. The van der Waals surface area contributed by atoms with E-state index < -0.39 is 21.8 Å². The molecule has 25 heavy (non-hydrogen) atoms. The van der Waals surface area contributed by atoms with E-state index in [0.717, 1.165) is 0 Å². The maximum absolute atomic E-state index is 11.9. The van der Waals surface area contributed by atoms with Gasteiger partial charge < -0.3 is 15.8 Å². The summed E-state index contributed by atoms with van der Waals surface area (Å²) < 4.78 is 30.2. The van der Waals surface area contributed by atoms with Gasteiger partial charge >= 0.3 is 0 Å². The standard InChI is InChI=1S/C15H20ClN3O5S/c1-25(22,23)19-6-4-11(5-7-19)24-13-3-2-10(8-12(13)16)15(21)18-9-14(17)20/h2-3,8,11H,4-7,9H2,1H3,(H2,17,20)(H,18,21). The fraction of sp³-hybridized carbons (Fsp3) is 0.467. The first-order chi connectivity index (χ1) is 11.7. The molecule has 1 heterocycles. The molecule has 0 unspecified atom stereocenters. The van der Waals surface area contributed by atoms with E-state index in [9.17, 15) is 18.0 Å². The van der Waals surface area contributed by atoms with Crippen LogP contribution in [0.25, 0.3) is 0 Å². The Kier molecular flexibility index (Phi) is 6.26. The van der Waals surface area contributed by atoms with Crippen LogP contribution in [0.1, 0.15) is 23.2 Å². The van der Waals surface area contributed by atoms with Gasteiger partial charge in [-0.15, -0.1) is 0 Å². The summed E-state index contributed by atoms with van der Waals surface area (Å²) in [7, 11) is -3.18. The third-order valence-corrected chi connectivity index (χ3v) is 5.38. The summed E-state index contributed by atoms with van der Waals surface area (Å²) in [6.45, 7) is 0.539. The van der Waals surface area contributed by atoms with Crippen LogP contribution in [-0.4, -0.2) is 56.5 Å². The predicted molar refractivity (Wildman–Crippen MR) is 93.0 cm³/mol. The van der Waals surface area contributed by atoms with E-state index in [4.69, 9.17) is 22.1 Å². The molecule has 138 valence electrons. The number of carbonyl (C=O) groups is 2. The average Bonchev–Trinajstić information content (AvgIpc) is 2.54. The van der Waals surface area contributed by atoms with Crippen molar-refractivity contribution >= 4 is 33.4 Å². The van der Waals surface area contributed by atoms with E-state index in [0.29, 0.717) is 31.7 Å². The number of nitrogens with one attached hydrogen (secondary N) is 1. The number of nitrogens with zero attached hydrogens (tertiary/aromatic N) is 1. The van der Waals surface area contributed by atoms with Crippen molar-refractivity contribution in [3.63, 3.8) is 0 Å². The third-order valence-electron chi connectivity index (χ3n) is 3.78. The monoisotopic (exact) mass is 389 g/mol. The number of sulfonamides is 1. The number of hydrogen-bond donors (Lipinski definition) is 2. The van der Waals surface area contributed by atoms with E-state index >= 15 is 0 Å². The van der Waals surface area contributed by atoms with Crippen molar-refractivity contribution in [1.82, 2.24) is 9.62 Å². The van der Waals surface area contributed by atoms with Crippen LogP contribution in [0.4, 0.5) is 0 Å². The van der Waals surface area contributed by atoms with Gasteiger partial charge in [-0.2, -0.15) is 0 Å². The van der Waals surface area contributed by atoms with Crippen molar-refractivity contribution in [3.8, 4) is 5.75 Å². The lowest BCUT2D eigenvalue weighted by molar-refractivity contribution is -0.117. The molecule has 0 bridgehead atoms. The van der Waals surface area contributed by atoms with Crippen molar-refractivity contribution in [2.75, 3.05) is 25.9 Å². The molecular formula is C15H20ClN3O5S. The molecule has 1 aliphatic rings. The first kappa shape index (κ1) is 19.5. The van der Waals surface area contributed by atoms with Gasteiger partial charge in [0.2, 0.25) is 15.9 Å². The zero-order chi connectivity index (χ0) is 18.6. The number of primary amides is 1. The lowest BCUT2D eigenvalue weighted by atomic mass is 10.1. The fourth-order valence-electron chi connectivity index (χ4n) is 2.47. The molecule has 1 aliphatic heterocycles. The number of amides is 2. The second kappa shape index (κ2) is 8.03. The molecule has 2 rings (SSSR count). The van der Waals surface area contributed by atoms with Crippen molar-refractivity contribution in [2.24, 2.45) is 5.73 Å². The first-order valence-electron chi connectivity index (χ1n) is 7.64. The van der Waals surface area contributed by atoms with Gasteiger partial charge in [0.25, 0.3) is 5.91 Å². The minimum Gasteiger partial charge on any atom is -0.489 e. The summed E-state index contributed by atoms with van der Waals surface area (Å²) in [5, 5.41) is 2.63. The molecule has 0 spiro atoms. The van der Waals surface area contributed by atoms with Crippen molar-refractivity contribution < 1.29 is 22.7 Å². The Morgan fingerprint density at radius 1 is 1.36 bits per heavy atom. The van der Waals surface area contributed by atoms with Crippen LogP contribution < -0.4 is 15.8 Å². The topological polar surface area (TPSA) is 119 Å². The van der Waals surface area contributed by atoms with Crippen LogP contribution in [0.5, 0.6) is 5.75 Å². The second-order valence-corrected chi connectivity index (χ2v) is 8.16. The number of ether oxygens (including phenoxy) is 1. The Hall–Kier alpha value is -1.84. The maximum Gasteiger partial charge on any atom is 0.251 e. The van der Waals surface area contributed by atoms with Gasteiger partial charge in [-0.05, 0) is 31.0 Å². The molecule has 0 atom stereocenters. The van der Waals surface area contributed by atoms with Crippen LogP contribution in [0.2, 0.25) is 5.02 Å². The Balaban J connectivity index is 1.95. The molecule has 3 N–H and O–H groups in total. The molecule has 10 heteroatoms. The molecule has 0 radical (unpaired) electrons. The molecule has 2 amide bonds. The highest BCUT2D eigenvalue weighted by atomic mass is 35.5. The molecule has 8 nitrogen and oxygen atoms in total. The van der Waals surface area contributed by atoms with Crippen molar-refractivity contribution in [1.29, 1.82) is 0 Å². The Morgan fingerprint density at radius 3 is 2.52 bits per heavy atom. The highest BCUT2D eigenvalue weighted by Gasteiger charge is 2.26. The highest BCUT2D eigenvalue weighted by molar-refractivity contribution is 7.88. The molecule has 0 aliphatic carbocycles. The van der Waals surface area contributed by atoms with Gasteiger partial charge in [-0.3, -0.25) is 9.59 Å². The molecule has 1 aromatic rings. The van der Waals surface area contributed by atoms with Gasteiger partial charge in [0.15, 0.2) is 0 Å². The number of halogens is 1.